The van der Waals surface area contributed by atoms with E-state index in [1.165, 1.54) is 25.7 Å². The molecular formula is C20H24N4O3. The zero-order chi connectivity index (χ0) is 18.6. The third kappa shape index (κ3) is 4.18. The quantitative estimate of drug-likeness (QED) is 0.843. The first-order chi connectivity index (χ1) is 13.2. The van der Waals surface area contributed by atoms with Crippen molar-refractivity contribution >= 4 is 23.5 Å². The number of nitrogens with zero attached hydrogens (tertiary/aromatic N) is 3. The topological polar surface area (TPSA) is 88.3 Å². The number of amides is 2. The molecule has 2 aliphatic rings. The lowest BCUT2D eigenvalue weighted by Gasteiger charge is -2.15. The van der Waals surface area contributed by atoms with Crippen LogP contribution in [0.4, 0.5) is 11.7 Å². The van der Waals surface area contributed by atoms with Crippen molar-refractivity contribution < 1.29 is 14.0 Å². The summed E-state index contributed by atoms with van der Waals surface area (Å²) in [5.74, 6) is 0.849. The molecule has 1 saturated heterocycles. The Hall–Kier alpha value is -2.70. The number of hydrogen-bond donors (Lipinski definition) is 1. The maximum absolute atomic E-state index is 12.3. The summed E-state index contributed by atoms with van der Waals surface area (Å²) in [6.07, 6.45) is 6.73. The molecule has 4 rings (SSSR count). The minimum Gasteiger partial charge on any atom is -0.407 e. The molecule has 7 nitrogen and oxygen atoms in total. The number of nitrogens with one attached hydrogen (secondary N) is 1. The summed E-state index contributed by atoms with van der Waals surface area (Å²) in [5, 5.41) is 10.7. The van der Waals surface area contributed by atoms with E-state index in [1.807, 2.05) is 30.3 Å². The number of hydrogen-bond acceptors (Lipinski definition) is 5. The lowest BCUT2D eigenvalue weighted by atomic mass is 10.0. The molecule has 1 aliphatic heterocycles. The number of anilines is 2. The summed E-state index contributed by atoms with van der Waals surface area (Å²) < 4.78 is 5.61. The molecule has 1 N–H and O–H groups in total. The molecule has 0 spiro atoms. The van der Waals surface area contributed by atoms with Gasteiger partial charge in [-0.3, -0.25) is 14.9 Å². The highest BCUT2D eigenvalue weighted by Gasteiger charge is 2.35. The average molecular weight is 368 g/mol. The Labute approximate surface area is 158 Å². The highest BCUT2D eigenvalue weighted by molar-refractivity contribution is 5.96. The van der Waals surface area contributed by atoms with E-state index in [0.717, 1.165) is 12.1 Å². The van der Waals surface area contributed by atoms with Gasteiger partial charge in [0.05, 0.1) is 5.92 Å². The van der Waals surface area contributed by atoms with Crippen molar-refractivity contribution in [3.05, 3.63) is 36.2 Å². The van der Waals surface area contributed by atoms with Crippen molar-refractivity contribution in [1.82, 2.24) is 10.2 Å². The fourth-order valence-electron chi connectivity index (χ4n) is 4.00. The smallest absolute Gasteiger partial charge is 0.322 e. The molecule has 7 heteroatoms. The SMILES string of the molecule is O=C(CCC1CCCC1)Nc1nnc(C2CC(=O)N(c3ccccc3)C2)o1. The Morgan fingerprint density at radius 3 is 2.74 bits per heavy atom. The second kappa shape index (κ2) is 7.90. The molecule has 1 unspecified atom stereocenters. The molecule has 1 atom stereocenters. The van der Waals surface area contributed by atoms with Gasteiger partial charge in [0, 0.05) is 25.1 Å². The van der Waals surface area contributed by atoms with Crippen molar-refractivity contribution in [2.45, 2.75) is 50.9 Å². The van der Waals surface area contributed by atoms with Crippen LogP contribution in [0.2, 0.25) is 0 Å². The van der Waals surface area contributed by atoms with Crippen LogP contribution in [0.1, 0.15) is 56.8 Å². The number of carbonyl (C=O) groups is 2. The number of aromatic nitrogens is 2. The monoisotopic (exact) mass is 368 g/mol. The Bertz CT molecular complexity index is 799. The van der Waals surface area contributed by atoms with E-state index < -0.39 is 0 Å². The van der Waals surface area contributed by atoms with E-state index in [-0.39, 0.29) is 23.7 Å². The summed E-state index contributed by atoms with van der Waals surface area (Å²) in [4.78, 5) is 26.1. The third-order valence-corrected chi connectivity index (χ3v) is 5.48. The van der Waals surface area contributed by atoms with Crippen LogP contribution in [0.25, 0.3) is 0 Å². The van der Waals surface area contributed by atoms with Gasteiger partial charge in [0.2, 0.25) is 17.7 Å². The number of benzene rings is 1. The Kier molecular flexibility index (Phi) is 5.18. The molecule has 1 aromatic carbocycles. The molecule has 2 fully saturated rings. The molecule has 0 bridgehead atoms. The van der Waals surface area contributed by atoms with Crippen molar-refractivity contribution in [3.8, 4) is 0 Å². The zero-order valence-electron chi connectivity index (χ0n) is 15.3. The molecule has 1 saturated carbocycles. The standard InChI is InChI=1S/C20H24N4O3/c25-17(11-10-14-6-4-5-7-14)21-20-23-22-19(27-20)15-12-18(26)24(13-15)16-8-2-1-3-9-16/h1-3,8-9,14-15H,4-7,10-13H2,(H,21,23,25). The highest BCUT2D eigenvalue weighted by atomic mass is 16.4. The highest BCUT2D eigenvalue weighted by Crippen LogP contribution is 2.32. The molecule has 2 aromatic rings. The lowest BCUT2D eigenvalue weighted by Crippen LogP contribution is -2.24. The van der Waals surface area contributed by atoms with Gasteiger partial charge in [-0.2, -0.15) is 0 Å². The fraction of sp³-hybridized carbons (Fsp3) is 0.500. The first kappa shape index (κ1) is 17.7. The van der Waals surface area contributed by atoms with Gasteiger partial charge in [-0.25, -0.2) is 0 Å². The van der Waals surface area contributed by atoms with Crippen LogP contribution in [0, 0.1) is 5.92 Å². The minimum absolute atomic E-state index is 0.0338. The maximum atomic E-state index is 12.3. The van der Waals surface area contributed by atoms with E-state index in [9.17, 15) is 9.59 Å². The first-order valence-electron chi connectivity index (χ1n) is 9.67. The van der Waals surface area contributed by atoms with Gasteiger partial charge in [-0.05, 0) is 24.5 Å². The van der Waals surface area contributed by atoms with Gasteiger partial charge in [0.15, 0.2) is 0 Å². The molecule has 2 amide bonds. The van der Waals surface area contributed by atoms with Crippen LogP contribution < -0.4 is 10.2 Å². The summed E-state index contributed by atoms with van der Waals surface area (Å²) >= 11 is 0. The molecule has 1 aromatic heterocycles. The van der Waals surface area contributed by atoms with Crippen molar-refractivity contribution in [2.24, 2.45) is 5.92 Å². The van der Waals surface area contributed by atoms with Gasteiger partial charge in [0.1, 0.15) is 0 Å². The molecule has 1 aliphatic carbocycles. The van der Waals surface area contributed by atoms with Crippen LogP contribution >= 0.6 is 0 Å². The van der Waals surface area contributed by atoms with Gasteiger partial charge in [0.25, 0.3) is 0 Å². The summed E-state index contributed by atoms with van der Waals surface area (Å²) in [7, 11) is 0. The summed E-state index contributed by atoms with van der Waals surface area (Å²) in [5.41, 5.74) is 0.866. The summed E-state index contributed by atoms with van der Waals surface area (Å²) in [6, 6.07) is 9.66. The Balaban J connectivity index is 1.32. The first-order valence-corrected chi connectivity index (χ1v) is 9.67. The normalized spacial score (nSPS) is 20.4. The molecule has 142 valence electrons. The Morgan fingerprint density at radius 1 is 1.19 bits per heavy atom. The van der Waals surface area contributed by atoms with Gasteiger partial charge < -0.3 is 9.32 Å². The maximum Gasteiger partial charge on any atom is 0.322 e. The van der Waals surface area contributed by atoms with Gasteiger partial charge in [-0.1, -0.05) is 49.0 Å². The van der Waals surface area contributed by atoms with Crippen LogP contribution in [0.15, 0.2) is 34.7 Å². The van der Waals surface area contributed by atoms with Crippen LogP contribution in [-0.2, 0) is 9.59 Å². The number of para-hydroxylation sites is 1. The third-order valence-electron chi connectivity index (χ3n) is 5.48. The summed E-state index contributed by atoms with van der Waals surface area (Å²) in [6.45, 7) is 0.500. The van der Waals surface area contributed by atoms with Crippen LogP contribution in [-0.4, -0.2) is 28.6 Å². The van der Waals surface area contributed by atoms with E-state index in [2.05, 4.69) is 15.5 Å². The van der Waals surface area contributed by atoms with E-state index in [4.69, 9.17) is 4.42 Å². The molecule has 2 heterocycles. The van der Waals surface area contributed by atoms with Gasteiger partial charge >= 0.3 is 6.01 Å². The molecular weight excluding hydrogens is 344 g/mol. The second-order valence-electron chi connectivity index (χ2n) is 7.42. The lowest BCUT2D eigenvalue weighted by molar-refractivity contribution is -0.117. The van der Waals surface area contributed by atoms with E-state index in [0.29, 0.717) is 31.2 Å². The average Bonchev–Trinajstić information content (AvgIpc) is 3.41. The minimum atomic E-state index is -0.158. The zero-order valence-corrected chi connectivity index (χ0v) is 15.3. The predicted octanol–water partition coefficient (Wildman–Crippen LogP) is 3.50. The van der Waals surface area contributed by atoms with E-state index >= 15 is 0 Å². The van der Waals surface area contributed by atoms with Crippen LogP contribution in [0.3, 0.4) is 0 Å². The molecule has 27 heavy (non-hydrogen) atoms. The fourth-order valence-corrected chi connectivity index (χ4v) is 4.00. The predicted molar refractivity (Wildman–Crippen MR) is 100 cm³/mol. The molecule has 0 radical (unpaired) electrons. The van der Waals surface area contributed by atoms with E-state index in [1.54, 1.807) is 4.90 Å². The largest absolute Gasteiger partial charge is 0.407 e. The van der Waals surface area contributed by atoms with Crippen LogP contribution in [0.5, 0.6) is 0 Å². The van der Waals surface area contributed by atoms with Crippen molar-refractivity contribution in [2.75, 3.05) is 16.8 Å². The van der Waals surface area contributed by atoms with Crippen molar-refractivity contribution in [3.63, 3.8) is 0 Å². The second-order valence-corrected chi connectivity index (χ2v) is 7.42. The Morgan fingerprint density at radius 2 is 1.96 bits per heavy atom. The number of rotatable bonds is 6. The van der Waals surface area contributed by atoms with Crippen molar-refractivity contribution in [1.29, 1.82) is 0 Å². The van der Waals surface area contributed by atoms with Gasteiger partial charge in [-0.15, -0.1) is 5.10 Å². The number of carbonyl (C=O) groups excluding carboxylic acids is 2.